The van der Waals surface area contributed by atoms with Crippen molar-refractivity contribution < 1.29 is 18.7 Å². The molecule has 0 unspecified atom stereocenters. The van der Waals surface area contributed by atoms with Crippen molar-refractivity contribution in [2.75, 3.05) is 18.0 Å². The van der Waals surface area contributed by atoms with Crippen LogP contribution in [0.15, 0.2) is 54.2 Å². The fourth-order valence-corrected chi connectivity index (χ4v) is 4.91. The SMILES string of the molecule is CC(C)(C)OC(=O)N1CCC(c2nc(CN(C(=O)c3ccncc3)c3ccc(F)cc3)cs2)CC1. The van der Waals surface area contributed by atoms with E-state index in [0.717, 1.165) is 23.5 Å². The Morgan fingerprint density at radius 2 is 1.77 bits per heavy atom. The van der Waals surface area contributed by atoms with Crippen LogP contribution in [0.25, 0.3) is 0 Å². The van der Waals surface area contributed by atoms with E-state index in [1.807, 2.05) is 26.2 Å². The monoisotopic (exact) mass is 496 g/mol. The van der Waals surface area contributed by atoms with Crippen LogP contribution in [0.3, 0.4) is 0 Å². The van der Waals surface area contributed by atoms with E-state index in [4.69, 9.17) is 9.72 Å². The van der Waals surface area contributed by atoms with Gasteiger partial charge in [0.05, 0.1) is 17.2 Å². The molecule has 3 heterocycles. The van der Waals surface area contributed by atoms with E-state index in [1.54, 1.807) is 57.8 Å². The van der Waals surface area contributed by atoms with E-state index in [2.05, 4.69) is 4.98 Å². The largest absolute Gasteiger partial charge is 0.444 e. The number of pyridine rings is 1. The molecule has 7 nitrogen and oxygen atoms in total. The second kappa shape index (κ2) is 10.5. The summed E-state index contributed by atoms with van der Waals surface area (Å²) in [6.07, 6.45) is 4.48. The average molecular weight is 497 g/mol. The second-order valence-corrected chi connectivity index (χ2v) is 10.4. The lowest BCUT2D eigenvalue weighted by Crippen LogP contribution is -2.41. The number of hydrogen-bond donors (Lipinski definition) is 0. The maximum Gasteiger partial charge on any atom is 0.410 e. The van der Waals surface area contributed by atoms with Crippen molar-refractivity contribution in [2.24, 2.45) is 0 Å². The van der Waals surface area contributed by atoms with Gasteiger partial charge in [0.15, 0.2) is 0 Å². The van der Waals surface area contributed by atoms with Crippen LogP contribution >= 0.6 is 11.3 Å². The zero-order valence-corrected chi connectivity index (χ0v) is 20.9. The molecule has 1 aliphatic heterocycles. The molecule has 2 amide bonds. The topological polar surface area (TPSA) is 75.6 Å². The number of carbonyl (C=O) groups is 2. The number of rotatable bonds is 5. The average Bonchev–Trinajstić information content (AvgIpc) is 3.31. The first kappa shape index (κ1) is 24.8. The Morgan fingerprint density at radius 3 is 2.40 bits per heavy atom. The minimum atomic E-state index is -0.512. The molecule has 2 aromatic heterocycles. The van der Waals surface area contributed by atoms with Crippen molar-refractivity contribution in [3.05, 3.63) is 76.3 Å². The van der Waals surface area contributed by atoms with Gasteiger partial charge in [-0.25, -0.2) is 14.2 Å². The van der Waals surface area contributed by atoms with Gasteiger partial charge in [-0.15, -0.1) is 11.3 Å². The summed E-state index contributed by atoms with van der Waals surface area (Å²) in [7, 11) is 0. The summed E-state index contributed by atoms with van der Waals surface area (Å²) in [6, 6.07) is 9.18. The molecular formula is C26H29FN4O3S. The summed E-state index contributed by atoms with van der Waals surface area (Å²) >= 11 is 1.57. The van der Waals surface area contributed by atoms with Crippen LogP contribution in [0.2, 0.25) is 0 Å². The quantitative estimate of drug-likeness (QED) is 0.457. The Labute approximate surface area is 208 Å². The smallest absolute Gasteiger partial charge is 0.410 e. The van der Waals surface area contributed by atoms with E-state index in [-0.39, 0.29) is 30.3 Å². The number of benzene rings is 1. The van der Waals surface area contributed by atoms with Crippen molar-refractivity contribution in [3.8, 4) is 0 Å². The van der Waals surface area contributed by atoms with Gasteiger partial charge in [0.25, 0.3) is 5.91 Å². The molecular weight excluding hydrogens is 467 g/mol. The first-order valence-electron chi connectivity index (χ1n) is 11.6. The second-order valence-electron chi connectivity index (χ2n) is 9.52. The summed E-state index contributed by atoms with van der Waals surface area (Å²) in [5.41, 5.74) is 1.34. The lowest BCUT2D eigenvalue weighted by atomic mass is 9.98. The predicted molar refractivity (Wildman–Crippen MR) is 133 cm³/mol. The molecule has 9 heteroatoms. The van der Waals surface area contributed by atoms with Crippen LogP contribution in [-0.4, -0.2) is 45.6 Å². The highest BCUT2D eigenvalue weighted by Gasteiger charge is 2.29. The number of nitrogens with zero attached hydrogens (tertiary/aromatic N) is 4. The third-order valence-corrected chi connectivity index (χ3v) is 6.75. The Balaban J connectivity index is 1.45. The van der Waals surface area contributed by atoms with Gasteiger partial charge in [-0.2, -0.15) is 0 Å². The summed E-state index contributed by atoms with van der Waals surface area (Å²) in [6.45, 7) is 7.10. The standard InChI is InChI=1S/C26H29FN4O3S/c1-26(2,3)34-25(33)30-14-10-18(11-15-30)23-29-21(17-35-23)16-31(22-6-4-20(27)5-7-22)24(32)19-8-12-28-13-9-19/h4-9,12-13,17-18H,10-11,14-16H2,1-3H3. The third kappa shape index (κ3) is 6.42. The molecule has 1 saturated heterocycles. The van der Waals surface area contributed by atoms with E-state index in [0.29, 0.717) is 24.3 Å². The first-order chi connectivity index (χ1) is 16.7. The van der Waals surface area contributed by atoms with E-state index in [9.17, 15) is 14.0 Å². The normalized spacial score (nSPS) is 14.6. The number of carbonyl (C=O) groups excluding carboxylic acids is 2. The number of anilines is 1. The minimum Gasteiger partial charge on any atom is -0.444 e. The number of hydrogen-bond acceptors (Lipinski definition) is 6. The molecule has 0 atom stereocenters. The molecule has 35 heavy (non-hydrogen) atoms. The van der Waals surface area contributed by atoms with Gasteiger partial charge in [0.1, 0.15) is 11.4 Å². The molecule has 4 rings (SSSR count). The van der Waals surface area contributed by atoms with Crippen molar-refractivity contribution in [1.82, 2.24) is 14.9 Å². The fourth-order valence-electron chi connectivity index (χ4n) is 3.93. The molecule has 1 fully saturated rings. The number of amides is 2. The van der Waals surface area contributed by atoms with Gasteiger partial charge < -0.3 is 14.5 Å². The van der Waals surface area contributed by atoms with Gasteiger partial charge >= 0.3 is 6.09 Å². The highest BCUT2D eigenvalue weighted by Crippen LogP contribution is 2.32. The van der Waals surface area contributed by atoms with Gasteiger partial charge in [0.2, 0.25) is 0 Å². The Kier molecular flexibility index (Phi) is 7.45. The Morgan fingerprint density at radius 1 is 1.11 bits per heavy atom. The zero-order chi connectivity index (χ0) is 25.0. The van der Waals surface area contributed by atoms with E-state index < -0.39 is 5.60 Å². The van der Waals surface area contributed by atoms with Gasteiger partial charge in [-0.3, -0.25) is 9.78 Å². The van der Waals surface area contributed by atoms with Gasteiger partial charge in [-0.1, -0.05) is 0 Å². The number of halogens is 1. The fraction of sp³-hybridized carbons (Fsp3) is 0.385. The maximum absolute atomic E-state index is 13.5. The van der Waals surface area contributed by atoms with E-state index in [1.165, 1.54) is 12.1 Å². The zero-order valence-electron chi connectivity index (χ0n) is 20.1. The molecule has 1 aromatic carbocycles. The van der Waals surface area contributed by atoms with Crippen LogP contribution < -0.4 is 4.90 Å². The van der Waals surface area contributed by atoms with E-state index >= 15 is 0 Å². The molecule has 3 aromatic rings. The van der Waals surface area contributed by atoms with Crippen LogP contribution in [0, 0.1) is 5.82 Å². The molecule has 0 saturated carbocycles. The molecule has 0 radical (unpaired) electrons. The van der Waals surface area contributed by atoms with Crippen molar-refractivity contribution >= 4 is 29.0 Å². The molecule has 0 bridgehead atoms. The Hall–Kier alpha value is -3.33. The van der Waals surface area contributed by atoms with Crippen LogP contribution in [0.1, 0.15) is 60.6 Å². The predicted octanol–water partition coefficient (Wildman–Crippen LogP) is 5.64. The molecule has 0 aliphatic carbocycles. The van der Waals surface area contributed by atoms with Crippen LogP contribution in [0.4, 0.5) is 14.9 Å². The molecule has 1 aliphatic rings. The van der Waals surface area contributed by atoms with Crippen LogP contribution in [0.5, 0.6) is 0 Å². The number of aromatic nitrogens is 2. The van der Waals surface area contributed by atoms with Crippen molar-refractivity contribution in [2.45, 2.75) is 51.7 Å². The number of ether oxygens (including phenoxy) is 1. The highest BCUT2D eigenvalue weighted by molar-refractivity contribution is 7.09. The lowest BCUT2D eigenvalue weighted by molar-refractivity contribution is 0.0204. The van der Waals surface area contributed by atoms with Crippen molar-refractivity contribution in [1.29, 1.82) is 0 Å². The molecule has 184 valence electrons. The van der Waals surface area contributed by atoms with Gasteiger partial charge in [0, 0.05) is 48.0 Å². The molecule has 0 N–H and O–H groups in total. The number of likely N-dealkylation sites (tertiary alicyclic amines) is 1. The highest BCUT2D eigenvalue weighted by atomic mass is 32.1. The summed E-state index contributed by atoms with van der Waals surface area (Å²) in [4.78, 5) is 37.8. The molecule has 0 spiro atoms. The minimum absolute atomic E-state index is 0.209. The first-order valence-corrected chi connectivity index (χ1v) is 12.5. The Bertz CT molecular complexity index is 1150. The maximum atomic E-state index is 13.5. The van der Waals surface area contributed by atoms with Crippen molar-refractivity contribution in [3.63, 3.8) is 0 Å². The van der Waals surface area contributed by atoms with Gasteiger partial charge in [-0.05, 0) is 70.0 Å². The third-order valence-electron chi connectivity index (χ3n) is 5.70. The number of piperidine rings is 1. The number of thiazole rings is 1. The lowest BCUT2D eigenvalue weighted by Gasteiger charge is -2.32. The summed E-state index contributed by atoms with van der Waals surface area (Å²) < 4.78 is 19.0. The summed E-state index contributed by atoms with van der Waals surface area (Å²) in [5.74, 6) is -0.319. The summed E-state index contributed by atoms with van der Waals surface area (Å²) in [5, 5.41) is 2.96. The van der Waals surface area contributed by atoms with Crippen LogP contribution in [-0.2, 0) is 11.3 Å².